The molecule has 8 heteroatoms. The molecule has 0 fully saturated rings. The summed E-state index contributed by atoms with van der Waals surface area (Å²) >= 11 is 1.42. The second-order valence-corrected chi connectivity index (χ2v) is 7.90. The molecule has 0 amide bonds. The molecular formula is C21H27N5O2S. The summed E-state index contributed by atoms with van der Waals surface area (Å²) < 4.78 is 9.46. The predicted octanol–water partition coefficient (Wildman–Crippen LogP) is 3.96. The van der Waals surface area contributed by atoms with E-state index in [1.165, 1.54) is 11.8 Å². The molecule has 0 aliphatic heterocycles. The second kappa shape index (κ2) is 9.37. The minimum atomic E-state index is 0.0927. The van der Waals surface area contributed by atoms with Crippen molar-refractivity contribution in [2.45, 2.75) is 45.4 Å². The molecule has 0 aliphatic carbocycles. The molecule has 3 aromatic heterocycles. The third kappa shape index (κ3) is 4.43. The highest BCUT2D eigenvalue weighted by atomic mass is 32.2. The van der Waals surface area contributed by atoms with E-state index in [-0.39, 0.29) is 11.8 Å². The SMILES string of the molecule is CCn1c(SCC(=O)c2cc(C)n([C@H](C)COC)c2C)nnc1-c1ccncc1. The molecule has 3 rings (SSSR count). The van der Waals surface area contributed by atoms with Crippen molar-refractivity contribution in [2.24, 2.45) is 0 Å². The van der Waals surface area contributed by atoms with E-state index in [1.807, 2.05) is 43.5 Å². The first-order chi connectivity index (χ1) is 14.0. The maximum atomic E-state index is 12.9. The molecule has 0 bridgehead atoms. The summed E-state index contributed by atoms with van der Waals surface area (Å²) in [5.74, 6) is 1.20. The van der Waals surface area contributed by atoms with Gasteiger partial charge in [-0.2, -0.15) is 0 Å². The van der Waals surface area contributed by atoms with Gasteiger partial charge in [0.15, 0.2) is 16.8 Å². The van der Waals surface area contributed by atoms with Crippen molar-refractivity contribution in [2.75, 3.05) is 19.5 Å². The molecule has 0 aliphatic rings. The largest absolute Gasteiger partial charge is 0.383 e. The van der Waals surface area contributed by atoms with Crippen molar-refractivity contribution in [3.63, 3.8) is 0 Å². The lowest BCUT2D eigenvalue weighted by molar-refractivity contribution is 0.102. The number of thioether (sulfide) groups is 1. The Labute approximate surface area is 175 Å². The number of ketones is 1. The standard InChI is InChI=1S/C21H27N5O2S/c1-6-25-20(17-7-9-22-10-8-17)23-24-21(25)29-13-19(27)18-11-14(2)26(16(18)4)15(3)12-28-5/h7-11,15H,6,12-13H2,1-5H3/t15-/m1/s1. The molecule has 1 atom stereocenters. The van der Waals surface area contributed by atoms with Gasteiger partial charge in [0.1, 0.15) is 0 Å². The number of aryl methyl sites for hydroxylation is 1. The Balaban J connectivity index is 1.77. The van der Waals surface area contributed by atoms with E-state index in [1.54, 1.807) is 19.5 Å². The molecule has 3 heterocycles. The fourth-order valence-corrected chi connectivity index (χ4v) is 4.54. The van der Waals surface area contributed by atoms with Gasteiger partial charge in [0.2, 0.25) is 0 Å². The lowest BCUT2D eigenvalue weighted by Crippen LogP contribution is -2.14. The molecule has 7 nitrogen and oxygen atoms in total. The number of pyridine rings is 1. The van der Waals surface area contributed by atoms with Crippen LogP contribution in [0.1, 0.15) is 41.6 Å². The average molecular weight is 414 g/mol. The number of carbonyl (C=O) groups excluding carboxylic acids is 1. The van der Waals surface area contributed by atoms with Crippen LogP contribution in [0.25, 0.3) is 11.4 Å². The molecule has 0 saturated heterocycles. The predicted molar refractivity (Wildman–Crippen MR) is 114 cm³/mol. The molecule has 0 aromatic carbocycles. The van der Waals surface area contributed by atoms with Gasteiger partial charge >= 0.3 is 0 Å². The monoisotopic (exact) mass is 413 g/mol. The number of hydrogen-bond donors (Lipinski definition) is 0. The zero-order valence-electron chi connectivity index (χ0n) is 17.5. The zero-order chi connectivity index (χ0) is 21.0. The van der Waals surface area contributed by atoms with E-state index >= 15 is 0 Å². The lowest BCUT2D eigenvalue weighted by Gasteiger charge is -2.17. The number of nitrogens with zero attached hydrogens (tertiary/aromatic N) is 5. The number of aromatic nitrogens is 5. The number of Topliss-reactive ketones (excluding diaryl/α,β-unsaturated/α-hetero) is 1. The first-order valence-corrected chi connectivity index (χ1v) is 10.6. The van der Waals surface area contributed by atoms with Gasteiger partial charge in [-0.25, -0.2) is 0 Å². The van der Waals surface area contributed by atoms with Gasteiger partial charge in [-0.05, 0) is 45.9 Å². The van der Waals surface area contributed by atoms with Crippen LogP contribution in [0.2, 0.25) is 0 Å². The van der Waals surface area contributed by atoms with Crippen molar-refractivity contribution >= 4 is 17.5 Å². The van der Waals surface area contributed by atoms with Crippen LogP contribution in [0.15, 0.2) is 35.7 Å². The number of ether oxygens (including phenoxy) is 1. The van der Waals surface area contributed by atoms with Crippen LogP contribution >= 0.6 is 11.8 Å². The van der Waals surface area contributed by atoms with Crippen LogP contribution < -0.4 is 0 Å². The minimum Gasteiger partial charge on any atom is -0.383 e. The van der Waals surface area contributed by atoms with Gasteiger partial charge in [-0.1, -0.05) is 11.8 Å². The van der Waals surface area contributed by atoms with Crippen LogP contribution in [-0.4, -0.2) is 49.6 Å². The van der Waals surface area contributed by atoms with Crippen molar-refractivity contribution in [1.29, 1.82) is 0 Å². The van der Waals surface area contributed by atoms with E-state index in [2.05, 4.69) is 26.7 Å². The fraction of sp³-hybridized carbons (Fsp3) is 0.429. The third-order valence-corrected chi connectivity index (χ3v) is 5.90. The Hall–Kier alpha value is -2.45. The molecule has 3 aromatic rings. The highest BCUT2D eigenvalue weighted by molar-refractivity contribution is 7.99. The topological polar surface area (TPSA) is 74.8 Å². The van der Waals surface area contributed by atoms with Crippen LogP contribution in [-0.2, 0) is 11.3 Å². The Morgan fingerprint density at radius 2 is 1.97 bits per heavy atom. The Bertz CT molecular complexity index is 981. The van der Waals surface area contributed by atoms with E-state index in [0.717, 1.165) is 40.0 Å². The smallest absolute Gasteiger partial charge is 0.191 e. The van der Waals surface area contributed by atoms with E-state index in [9.17, 15) is 4.79 Å². The zero-order valence-corrected chi connectivity index (χ0v) is 18.4. The summed E-state index contributed by atoms with van der Waals surface area (Å²) in [5, 5.41) is 9.38. The van der Waals surface area contributed by atoms with Crippen LogP contribution in [0.4, 0.5) is 0 Å². The highest BCUT2D eigenvalue weighted by Crippen LogP contribution is 2.26. The first-order valence-electron chi connectivity index (χ1n) is 9.64. The van der Waals surface area contributed by atoms with Crippen LogP contribution in [0, 0.1) is 13.8 Å². The maximum Gasteiger partial charge on any atom is 0.191 e. The van der Waals surface area contributed by atoms with Crippen molar-refractivity contribution in [3.8, 4) is 11.4 Å². The van der Waals surface area contributed by atoms with Gasteiger partial charge < -0.3 is 13.9 Å². The van der Waals surface area contributed by atoms with Gasteiger partial charge in [0.05, 0.1) is 18.4 Å². The van der Waals surface area contributed by atoms with Crippen molar-refractivity contribution in [3.05, 3.63) is 47.5 Å². The van der Waals surface area contributed by atoms with Gasteiger partial charge in [0.25, 0.3) is 0 Å². The van der Waals surface area contributed by atoms with E-state index < -0.39 is 0 Å². The van der Waals surface area contributed by atoms with Crippen LogP contribution in [0.5, 0.6) is 0 Å². The summed E-state index contributed by atoms with van der Waals surface area (Å²) in [5.41, 5.74) is 3.77. The maximum absolute atomic E-state index is 12.9. The minimum absolute atomic E-state index is 0.0927. The molecule has 0 N–H and O–H groups in total. The Morgan fingerprint density at radius 1 is 1.24 bits per heavy atom. The summed E-state index contributed by atoms with van der Waals surface area (Å²) in [6.07, 6.45) is 3.47. The first kappa shape index (κ1) is 21.3. The van der Waals surface area contributed by atoms with Crippen molar-refractivity contribution in [1.82, 2.24) is 24.3 Å². The molecule has 0 saturated carbocycles. The average Bonchev–Trinajstić information content (AvgIpc) is 3.27. The van der Waals surface area contributed by atoms with Gasteiger partial charge in [-0.15, -0.1) is 10.2 Å². The second-order valence-electron chi connectivity index (χ2n) is 6.96. The van der Waals surface area contributed by atoms with E-state index in [4.69, 9.17) is 4.74 Å². The van der Waals surface area contributed by atoms with E-state index in [0.29, 0.717) is 12.4 Å². The molecule has 0 spiro atoms. The number of carbonyl (C=O) groups is 1. The molecule has 154 valence electrons. The van der Waals surface area contributed by atoms with Crippen LogP contribution in [0.3, 0.4) is 0 Å². The highest BCUT2D eigenvalue weighted by Gasteiger charge is 2.20. The summed E-state index contributed by atoms with van der Waals surface area (Å²) in [6.45, 7) is 9.49. The molecule has 0 unspecified atom stereocenters. The fourth-order valence-electron chi connectivity index (χ4n) is 3.66. The third-order valence-electron chi connectivity index (χ3n) is 4.94. The van der Waals surface area contributed by atoms with Crippen molar-refractivity contribution < 1.29 is 9.53 Å². The number of hydrogen-bond acceptors (Lipinski definition) is 6. The normalized spacial score (nSPS) is 12.3. The summed E-state index contributed by atoms with van der Waals surface area (Å²) in [4.78, 5) is 17.0. The Morgan fingerprint density at radius 3 is 2.62 bits per heavy atom. The number of methoxy groups -OCH3 is 1. The number of rotatable bonds is 9. The quantitative estimate of drug-likeness (QED) is 0.390. The molecule has 0 radical (unpaired) electrons. The lowest BCUT2D eigenvalue weighted by atomic mass is 10.2. The van der Waals surface area contributed by atoms with Gasteiger partial charge in [0, 0.05) is 48.6 Å². The van der Waals surface area contributed by atoms with Gasteiger partial charge in [-0.3, -0.25) is 9.78 Å². The molecule has 29 heavy (non-hydrogen) atoms. The summed E-state index contributed by atoms with van der Waals surface area (Å²) in [6, 6.07) is 5.97. The Kier molecular flexibility index (Phi) is 6.87. The molecular weight excluding hydrogens is 386 g/mol. The summed E-state index contributed by atoms with van der Waals surface area (Å²) in [7, 11) is 1.69.